The van der Waals surface area contributed by atoms with Crippen LogP contribution in [0.15, 0.2) is 158 Å². The van der Waals surface area contributed by atoms with E-state index >= 15 is 0 Å². The molecule has 0 aliphatic carbocycles. The van der Waals surface area contributed by atoms with E-state index in [1.165, 1.54) is 11.5 Å². The van der Waals surface area contributed by atoms with Crippen LogP contribution in [0.4, 0.5) is 0 Å². The Balaban J connectivity index is 1.51. The van der Waals surface area contributed by atoms with Crippen molar-refractivity contribution >= 4 is 43.1 Å². The zero-order valence-corrected chi connectivity index (χ0v) is 21.5. The number of hydrogen-bond acceptors (Lipinski definition) is 0. The van der Waals surface area contributed by atoms with Crippen molar-refractivity contribution in [1.82, 2.24) is 0 Å². The van der Waals surface area contributed by atoms with Crippen molar-refractivity contribution in [2.45, 2.75) is 0 Å². The molecule has 0 unspecified atom stereocenters. The first kappa shape index (κ1) is 17.4. The molecule has 0 heteroatoms. The lowest BCUT2D eigenvalue weighted by Gasteiger charge is -2.19. The van der Waals surface area contributed by atoms with Crippen LogP contribution in [-0.2, 0) is 0 Å². The van der Waals surface area contributed by atoms with Crippen molar-refractivity contribution in [3.05, 3.63) is 158 Å². The van der Waals surface area contributed by atoms with Gasteiger partial charge in [-0.05, 0) is 82.5 Å². The van der Waals surface area contributed by atoms with Crippen LogP contribution < -0.4 is 0 Å². The van der Waals surface area contributed by atoms with E-state index in [-0.39, 0.29) is 36.3 Å². The van der Waals surface area contributed by atoms with Gasteiger partial charge in [0, 0.05) is 0 Å². The molecule has 0 nitrogen and oxygen atoms in total. The summed E-state index contributed by atoms with van der Waals surface area (Å²) in [5.74, 6) is 0. The Morgan fingerprint density at radius 1 is 0.350 bits per heavy atom. The average Bonchev–Trinajstić information content (AvgIpc) is 3.05. The maximum absolute atomic E-state index is 8.78. The predicted octanol–water partition coefficient (Wildman–Crippen LogP) is 11.3. The zero-order chi connectivity index (χ0) is 31.7. The maximum Gasteiger partial charge on any atom is 0.0629 e. The van der Waals surface area contributed by atoms with Gasteiger partial charge in [0.25, 0.3) is 0 Å². The van der Waals surface area contributed by atoms with Gasteiger partial charge in [0.15, 0.2) is 0 Å². The van der Waals surface area contributed by atoms with E-state index in [1.54, 1.807) is 36.4 Å². The molecule has 0 aromatic heterocycles. The second kappa shape index (κ2) is 9.22. The van der Waals surface area contributed by atoms with Gasteiger partial charge >= 0.3 is 0 Å². The van der Waals surface area contributed by atoms with Crippen molar-refractivity contribution in [3.8, 4) is 33.4 Å². The van der Waals surface area contributed by atoms with E-state index in [2.05, 4.69) is 60.7 Å². The van der Waals surface area contributed by atoms with E-state index in [9.17, 15) is 0 Å². The van der Waals surface area contributed by atoms with Gasteiger partial charge in [-0.1, -0.05) is 152 Å². The molecule has 8 aromatic rings. The lowest BCUT2D eigenvalue weighted by molar-refractivity contribution is 1.65. The molecule has 0 atom stereocenters. The van der Waals surface area contributed by atoms with Crippen LogP contribution >= 0.6 is 0 Å². The molecule has 0 saturated carbocycles. The van der Waals surface area contributed by atoms with Gasteiger partial charge < -0.3 is 0 Å². The highest BCUT2D eigenvalue weighted by molar-refractivity contribution is 6.24. The first-order valence-corrected chi connectivity index (χ1v) is 13.4. The van der Waals surface area contributed by atoms with Gasteiger partial charge in [0.2, 0.25) is 0 Å². The summed E-state index contributed by atoms with van der Waals surface area (Å²) in [5, 5.41) is 7.26. The number of fused-ring (bicyclic) bond motifs is 4. The first-order chi connectivity index (χ1) is 22.3. The van der Waals surface area contributed by atoms with Crippen molar-refractivity contribution < 1.29 is 8.22 Å². The molecule has 8 rings (SSSR count). The Morgan fingerprint density at radius 3 is 1.68 bits per heavy atom. The SMILES string of the molecule is [2H]c1ccc(-c2c3cc([2H])c([2H])cc3c(-c3cccc4c(-c5ccc6ccccc6c5)cccc34)c3cc([2H])c([2H])cc23)c([2H])c1. The van der Waals surface area contributed by atoms with Gasteiger partial charge in [0.1, 0.15) is 0 Å². The van der Waals surface area contributed by atoms with Crippen LogP contribution in [0, 0.1) is 0 Å². The van der Waals surface area contributed by atoms with Crippen LogP contribution in [0.25, 0.3) is 76.5 Å². The smallest absolute Gasteiger partial charge is 0.0622 e. The second-order valence-electron chi connectivity index (χ2n) is 10.0. The molecule has 0 aliphatic heterocycles. The van der Waals surface area contributed by atoms with Crippen molar-refractivity contribution in [2.75, 3.05) is 0 Å². The molecule has 0 spiro atoms. The average molecular weight is 513 g/mol. The van der Waals surface area contributed by atoms with Gasteiger partial charge in [-0.2, -0.15) is 0 Å². The highest BCUT2D eigenvalue weighted by atomic mass is 14.2. The van der Waals surface area contributed by atoms with Crippen molar-refractivity contribution in [2.24, 2.45) is 0 Å². The molecule has 0 heterocycles. The lowest BCUT2D eigenvalue weighted by Crippen LogP contribution is -1.92. The molecule has 186 valence electrons. The van der Waals surface area contributed by atoms with Crippen LogP contribution in [-0.4, -0.2) is 0 Å². The predicted molar refractivity (Wildman–Crippen MR) is 173 cm³/mol. The topological polar surface area (TPSA) is 0 Å². The van der Waals surface area contributed by atoms with E-state index in [4.69, 9.17) is 8.22 Å². The Kier molecular flexibility index (Phi) is 4.01. The Labute approximate surface area is 242 Å². The Bertz CT molecular complexity index is 2480. The van der Waals surface area contributed by atoms with Gasteiger partial charge in [-0.3, -0.25) is 0 Å². The Morgan fingerprint density at radius 2 is 0.975 bits per heavy atom. The molecule has 8 aromatic carbocycles. The van der Waals surface area contributed by atoms with E-state index < -0.39 is 0 Å². The fourth-order valence-corrected chi connectivity index (χ4v) is 6.10. The van der Waals surface area contributed by atoms with E-state index in [1.807, 2.05) is 18.2 Å². The molecular formula is C40H26. The van der Waals surface area contributed by atoms with Crippen molar-refractivity contribution in [3.63, 3.8) is 0 Å². The van der Waals surface area contributed by atoms with Crippen LogP contribution in [0.3, 0.4) is 0 Å². The number of rotatable bonds is 3. The summed E-state index contributed by atoms with van der Waals surface area (Å²) in [6.45, 7) is 0. The second-order valence-corrected chi connectivity index (χ2v) is 10.0. The quantitative estimate of drug-likeness (QED) is 0.207. The third-order valence-corrected chi connectivity index (χ3v) is 7.87. The molecule has 0 radical (unpaired) electrons. The molecule has 0 bridgehead atoms. The lowest BCUT2D eigenvalue weighted by atomic mass is 9.84. The van der Waals surface area contributed by atoms with Crippen LogP contribution in [0.2, 0.25) is 0 Å². The fourth-order valence-electron chi connectivity index (χ4n) is 6.10. The van der Waals surface area contributed by atoms with Crippen molar-refractivity contribution in [1.29, 1.82) is 0 Å². The molecule has 40 heavy (non-hydrogen) atoms. The summed E-state index contributed by atoms with van der Waals surface area (Å²) in [7, 11) is 0. The summed E-state index contributed by atoms with van der Waals surface area (Å²) in [4.78, 5) is 0. The number of hydrogen-bond donors (Lipinski definition) is 0. The molecular weight excluding hydrogens is 480 g/mol. The third kappa shape index (κ3) is 3.54. The molecule has 0 saturated heterocycles. The highest BCUT2D eigenvalue weighted by Gasteiger charge is 2.18. The molecule has 0 N–H and O–H groups in total. The molecule has 0 aliphatic rings. The van der Waals surface area contributed by atoms with Gasteiger partial charge in [-0.15, -0.1) is 0 Å². The maximum atomic E-state index is 8.78. The molecule has 0 fully saturated rings. The summed E-state index contributed by atoms with van der Waals surface area (Å²) >= 11 is 0. The van der Waals surface area contributed by atoms with Gasteiger partial charge in [-0.25, -0.2) is 0 Å². The minimum absolute atomic E-state index is 0.0578. The first-order valence-electron chi connectivity index (χ1n) is 16.4. The highest BCUT2D eigenvalue weighted by Crippen LogP contribution is 2.46. The standard InChI is InChI=1S/C40H26/c1-2-13-28(14-3-1)39-35-16-6-8-18-37(35)40(38-19-9-7-17-36(38)39)34-23-11-21-32-31(20-10-22-33(32)34)30-25-24-27-12-4-5-15-29(27)26-30/h1-26H/i1D,6D,7D,8D,9D,13D. The largest absolute Gasteiger partial charge is 0.0629 e. The monoisotopic (exact) mass is 512 g/mol. The fraction of sp³-hybridized carbons (Fsp3) is 0. The molecule has 0 amide bonds. The number of benzene rings is 8. The van der Waals surface area contributed by atoms with Gasteiger partial charge in [0.05, 0.1) is 8.22 Å². The minimum Gasteiger partial charge on any atom is -0.0622 e. The van der Waals surface area contributed by atoms with E-state index in [0.29, 0.717) is 21.9 Å². The normalized spacial score (nSPS) is 13.6. The third-order valence-electron chi connectivity index (χ3n) is 7.87. The van der Waals surface area contributed by atoms with E-state index in [0.717, 1.165) is 49.2 Å². The minimum atomic E-state index is 0.0578. The van der Waals surface area contributed by atoms with Crippen LogP contribution in [0.1, 0.15) is 8.22 Å². The summed E-state index contributed by atoms with van der Waals surface area (Å²) in [6, 6.07) is 39.6. The summed E-state index contributed by atoms with van der Waals surface area (Å²) in [5.41, 5.74) is 5.17. The summed E-state index contributed by atoms with van der Waals surface area (Å²) in [6.07, 6.45) is 0. The zero-order valence-electron chi connectivity index (χ0n) is 27.5. The Hall–Kier alpha value is -5.20. The van der Waals surface area contributed by atoms with Crippen LogP contribution in [0.5, 0.6) is 0 Å². The summed E-state index contributed by atoms with van der Waals surface area (Å²) < 4.78 is 51.3.